The number of nitrogens with zero attached hydrogens (tertiary/aromatic N) is 1. The van der Waals surface area contributed by atoms with Crippen LogP contribution in [0.25, 0.3) is 10.6 Å². The van der Waals surface area contributed by atoms with E-state index in [9.17, 15) is 18.0 Å². The number of nitrogens with two attached hydrogens (primary N) is 1. The number of rotatable bonds is 5. The zero-order valence-electron chi connectivity index (χ0n) is 13.6. The van der Waals surface area contributed by atoms with Gasteiger partial charge in [-0.05, 0) is 37.8 Å². The highest BCUT2D eigenvalue weighted by atomic mass is 32.1. The smallest absolute Gasteiger partial charge is 0.344 e. The summed E-state index contributed by atoms with van der Waals surface area (Å²) in [6, 6.07) is 4.92. The number of carbonyl (C=O) groups is 1. The van der Waals surface area contributed by atoms with E-state index in [1.54, 1.807) is 11.4 Å². The molecular weight excluding hydrogens is 351 g/mol. The van der Waals surface area contributed by atoms with Gasteiger partial charge in [-0.15, -0.1) is 11.3 Å². The highest BCUT2D eigenvalue weighted by Gasteiger charge is 2.42. The molecule has 1 aliphatic rings. The van der Waals surface area contributed by atoms with Crippen molar-refractivity contribution in [1.82, 2.24) is 10.3 Å². The van der Waals surface area contributed by atoms with Crippen LogP contribution in [0.3, 0.4) is 0 Å². The molecule has 3 rings (SSSR count). The molecule has 0 bridgehead atoms. The molecule has 0 radical (unpaired) electrons. The Morgan fingerprint density at radius 3 is 2.72 bits per heavy atom. The fourth-order valence-corrected chi connectivity index (χ4v) is 3.50. The van der Waals surface area contributed by atoms with Crippen LogP contribution in [0.2, 0.25) is 0 Å². The largest absolute Gasteiger partial charge is 0.416 e. The van der Waals surface area contributed by atoms with Gasteiger partial charge < -0.3 is 11.1 Å². The molecule has 1 atom stereocenters. The molecule has 0 aliphatic heterocycles. The van der Waals surface area contributed by atoms with E-state index < -0.39 is 17.3 Å². The maximum atomic E-state index is 12.8. The molecule has 1 unspecified atom stereocenters. The molecule has 25 heavy (non-hydrogen) atoms. The minimum atomic E-state index is -4.42. The normalized spacial score (nSPS) is 17.2. The predicted molar refractivity (Wildman–Crippen MR) is 90.2 cm³/mol. The molecule has 0 spiro atoms. The molecule has 1 aliphatic carbocycles. The summed E-state index contributed by atoms with van der Waals surface area (Å²) < 4.78 is 38.5. The molecule has 8 heteroatoms. The summed E-state index contributed by atoms with van der Waals surface area (Å²) >= 11 is 1.14. The van der Waals surface area contributed by atoms with E-state index in [1.165, 1.54) is 6.07 Å². The molecule has 134 valence electrons. The van der Waals surface area contributed by atoms with Crippen LogP contribution in [0.4, 0.5) is 13.2 Å². The Labute approximate surface area is 147 Å². The number of alkyl halides is 3. The van der Waals surface area contributed by atoms with Crippen molar-refractivity contribution in [2.75, 3.05) is 6.54 Å². The molecule has 1 aromatic heterocycles. The number of hydrogen-bond acceptors (Lipinski definition) is 4. The molecule has 1 fully saturated rings. The fourth-order valence-electron chi connectivity index (χ4n) is 2.70. The molecule has 4 nitrogen and oxygen atoms in total. The van der Waals surface area contributed by atoms with E-state index in [-0.39, 0.29) is 11.6 Å². The minimum absolute atomic E-state index is 0.192. The van der Waals surface area contributed by atoms with Crippen LogP contribution < -0.4 is 11.1 Å². The highest BCUT2D eigenvalue weighted by molar-refractivity contribution is 7.13. The first-order valence-electron chi connectivity index (χ1n) is 7.89. The van der Waals surface area contributed by atoms with Gasteiger partial charge in [0.15, 0.2) is 0 Å². The van der Waals surface area contributed by atoms with Crippen molar-refractivity contribution in [2.24, 2.45) is 11.7 Å². The Morgan fingerprint density at radius 2 is 2.12 bits per heavy atom. The Balaban J connectivity index is 1.79. The van der Waals surface area contributed by atoms with Crippen LogP contribution in [0.1, 0.15) is 35.8 Å². The van der Waals surface area contributed by atoms with Gasteiger partial charge in [0.1, 0.15) is 10.7 Å². The molecule has 1 amide bonds. The lowest BCUT2D eigenvalue weighted by atomic mass is 9.96. The van der Waals surface area contributed by atoms with Crippen LogP contribution in [0.5, 0.6) is 0 Å². The van der Waals surface area contributed by atoms with Gasteiger partial charge in [-0.3, -0.25) is 4.79 Å². The zero-order chi connectivity index (χ0) is 18.2. The average Bonchev–Trinajstić information content (AvgIpc) is 3.31. The third kappa shape index (κ3) is 3.85. The van der Waals surface area contributed by atoms with Crippen LogP contribution in [-0.4, -0.2) is 23.0 Å². The zero-order valence-corrected chi connectivity index (χ0v) is 14.4. The van der Waals surface area contributed by atoms with Gasteiger partial charge in [0, 0.05) is 17.5 Å². The highest BCUT2D eigenvalue weighted by Crippen LogP contribution is 2.39. The second-order valence-electron chi connectivity index (χ2n) is 6.47. The van der Waals surface area contributed by atoms with E-state index >= 15 is 0 Å². The van der Waals surface area contributed by atoms with Crippen LogP contribution in [-0.2, 0) is 6.18 Å². The molecule has 3 N–H and O–H groups in total. The number of nitrogens with one attached hydrogen (secondary N) is 1. The average molecular weight is 369 g/mol. The monoisotopic (exact) mass is 369 g/mol. The maximum Gasteiger partial charge on any atom is 0.416 e. The number of amides is 1. The molecule has 1 saturated carbocycles. The summed E-state index contributed by atoms with van der Waals surface area (Å²) in [5, 5.41) is 4.84. The number of thiazole rings is 1. The van der Waals surface area contributed by atoms with Crippen LogP contribution in [0.15, 0.2) is 29.6 Å². The molecule has 0 saturated heterocycles. The van der Waals surface area contributed by atoms with Crippen LogP contribution >= 0.6 is 11.3 Å². The Kier molecular flexibility index (Phi) is 4.59. The summed E-state index contributed by atoms with van der Waals surface area (Å²) in [6.45, 7) is 2.23. The summed E-state index contributed by atoms with van der Waals surface area (Å²) in [4.78, 5) is 16.6. The van der Waals surface area contributed by atoms with Crippen molar-refractivity contribution in [3.05, 3.63) is 40.9 Å². The van der Waals surface area contributed by atoms with Crippen molar-refractivity contribution in [1.29, 1.82) is 0 Å². The first kappa shape index (κ1) is 17.9. The van der Waals surface area contributed by atoms with Gasteiger partial charge in [0.05, 0.1) is 11.1 Å². The standard InChI is InChI=1S/C17H18F3N3OS/c1-16(9-21,11-5-6-11)23-14(24)13-8-25-15(22-13)10-3-2-4-12(7-10)17(18,19)20/h2-4,7-8,11H,5-6,9,21H2,1H3,(H,23,24). The Hall–Kier alpha value is -1.93. The summed E-state index contributed by atoms with van der Waals surface area (Å²) in [7, 11) is 0. The summed E-state index contributed by atoms with van der Waals surface area (Å²) in [5.41, 5.74) is 5.10. The lowest BCUT2D eigenvalue weighted by Gasteiger charge is -2.29. The fraction of sp³-hybridized carbons (Fsp3) is 0.412. The Morgan fingerprint density at radius 1 is 1.40 bits per heavy atom. The second-order valence-corrected chi connectivity index (χ2v) is 7.32. The lowest BCUT2D eigenvalue weighted by Crippen LogP contribution is -2.53. The quantitative estimate of drug-likeness (QED) is 0.845. The summed E-state index contributed by atoms with van der Waals surface area (Å²) in [5.74, 6) is 0.0114. The minimum Gasteiger partial charge on any atom is -0.344 e. The van der Waals surface area contributed by atoms with E-state index in [2.05, 4.69) is 10.3 Å². The van der Waals surface area contributed by atoms with Gasteiger partial charge in [-0.25, -0.2) is 4.98 Å². The van der Waals surface area contributed by atoms with E-state index in [4.69, 9.17) is 5.73 Å². The summed E-state index contributed by atoms with van der Waals surface area (Å²) in [6.07, 6.45) is -2.36. The Bertz CT molecular complexity index is 785. The van der Waals surface area contributed by atoms with Gasteiger partial charge >= 0.3 is 6.18 Å². The van der Waals surface area contributed by atoms with Gasteiger partial charge in [0.2, 0.25) is 0 Å². The molecule has 1 aromatic carbocycles. The van der Waals surface area contributed by atoms with Gasteiger partial charge in [0.25, 0.3) is 5.91 Å². The predicted octanol–water partition coefficient (Wildman–Crippen LogP) is 3.69. The van der Waals surface area contributed by atoms with Crippen molar-refractivity contribution in [2.45, 2.75) is 31.5 Å². The van der Waals surface area contributed by atoms with Crippen LogP contribution in [0, 0.1) is 5.92 Å². The van der Waals surface area contributed by atoms with Crippen molar-refractivity contribution in [3.8, 4) is 10.6 Å². The molecular formula is C17H18F3N3OS. The van der Waals surface area contributed by atoms with E-state index in [1.807, 2.05) is 6.92 Å². The first-order valence-corrected chi connectivity index (χ1v) is 8.76. The van der Waals surface area contributed by atoms with Gasteiger partial charge in [-0.2, -0.15) is 13.2 Å². The van der Waals surface area contributed by atoms with Crippen molar-refractivity contribution >= 4 is 17.2 Å². The molecule has 1 heterocycles. The third-order valence-electron chi connectivity index (χ3n) is 4.48. The SMILES string of the molecule is CC(CN)(NC(=O)c1csc(-c2cccc(C(F)(F)F)c2)n1)C1CC1. The maximum absolute atomic E-state index is 12.8. The lowest BCUT2D eigenvalue weighted by molar-refractivity contribution is -0.137. The number of carbonyl (C=O) groups excluding carboxylic acids is 1. The second kappa shape index (κ2) is 6.42. The first-order chi connectivity index (χ1) is 11.7. The number of aromatic nitrogens is 1. The number of benzene rings is 1. The topological polar surface area (TPSA) is 68.0 Å². The van der Waals surface area contributed by atoms with E-state index in [0.717, 1.165) is 36.3 Å². The number of halogens is 3. The van der Waals surface area contributed by atoms with E-state index in [0.29, 0.717) is 23.0 Å². The third-order valence-corrected chi connectivity index (χ3v) is 5.37. The van der Waals surface area contributed by atoms with Crippen molar-refractivity contribution in [3.63, 3.8) is 0 Å². The molecule has 2 aromatic rings. The number of hydrogen-bond donors (Lipinski definition) is 2. The van der Waals surface area contributed by atoms with Crippen molar-refractivity contribution < 1.29 is 18.0 Å². The van der Waals surface area contributed by atoms with Gasteiger partial charge in [-0.1, -0.05) is 12.1 Å².